The number of hydrogen-bond acceptors (Lipinski definition) is 3. The van der Waals surface area contributed by atoms with Crippen LogP contribution in [0.5, 0.6) is 0 Å². The maximum Gasteiger partial charge on any atom is 0.308 e. The number of hydrogen-bond donors (Lipinski definition) is 2. The first kappa shape index (κ1) is 12.9. The van der Waals surface area contributed by atoms with Crippen molar-refractivity contribution in [1.29, 1.82) is 5.26 Å². The van der Waals surface area contributed by atoms with Gasteiger partial charge in [-0.05, 0) is 12.1 Å². The van der Waals surface area contributed by atoms with Gasteiger partial charge in [0.2, 0.25) is 0 Å². The van der Waals surface area contributed by atoms with Crippen LogP contribution in [0.2, 0.25) is 0 Å². The van der Waals surface area contributed by atoms with Crippen molar-refractivity contribution >= 4 is 22.4 Å². The molecule has 1 atom stereocenters. The van der Waals surface area contributed by atoms with Crippen LogP contribution in [0.25, 0.3) is 10.8 Å². The largest absolute Gasteiger partial charge is 0.481 e. The molecule has 0 fully saturated rings. The first-order chi connectivity index (χ1) is 9.13. The first-order valence-electron chi connectivity index (χ1n) is 6.02. The monoisotopic (exact) mass is 254 g/mol. The number of nitriles is 1. The summed E-state index contributed by atoms with van der Waals surface area (Å²) in [5.74, 6) is -1.29. The maximum absolute atomic E-state index is 10.8. The van der Waals surface area contributed by atoms with E-state index in [1.165, 1.54) is 0 Å². The fraction of sp³-hybridized carbons (Fsp3) is 0.200. The van der Waals surface area contributed by atoms with Crippen LogP contribution in [0.15, 0.2) is 36.4 Å². The zero-order valence-electron chi connectivity index (χ0n) is 10.6. The van der Waals surface area contributed by atoms with Crippen LogP contribution in [0.3, 0.4) is 0 Å². The number of nitrogens with zero attached hydrogens (tertiary/aromatic N) is 1. The fourth-order valence-corrected chi connectivity index (χ4v) is 1.90. The van der Waals surface area contributed by atoms with Crippen molar-refractivity contribution in [3.8, 4) is 6.07 Å². The molecule has 0 spiro atoms. The van der Waals surface area contributed by atoms with E-state index in [-0.39, 0.29) is 0 Å². The van der Waals surface area contributed by atoms with Crippen LogP contribution in [-0.4, -0.2) is 17.6 Å². The van der Waals surface area contributed by atoms with Crippen LogP contribution < -0.4 is 5.32 Å². The Bertz CT molecular complexity index is 659. The van der Waals surface area contributed by atoms with Gasteiger partial charge in [0.1, 0.15) is 0 Å². The quantitative estimate of drug-likeness (QED) is 0.879. The molecule has 2 aromatic rings. The van der Waals surface area contributed by atoms with E-state index < -0.39 is 11.9 Å². The Morgan fingerprint density at radius 2 is 2.00 bits per heavy atom. The lowest BCUT2D eigenvalue weighted by Crippen LogP contribution is -2.19. The van der Waals surface area contributed by atoms with Gasteiger partial charge in [0, 0.05) is 23.0 Å². The van der Waals surface area contributed by atoms with Crippen LogP contribution in [0.4, 0.5) is 5.69 Å². The number of fused-ring (bicyclic) bond motifs is 1. The van der Waals surface area contributed by atoms with E-state index in [9.17, 15) is 4.79 Å². The molecule has 2 rings (SSSR count). The second-order valence-corrected chi connectivity index (χ2v) is 4.44. The highest BCUT2D eigenvalue weighted by molar-refractivity contribution is 5.97. The lowest BCUT2D eigenvalue weighted by Gasteiger charge is -2.12. The minimum absolute atomic E-state index is 0.352. The number of rotatable bonds is 4. The summed E-state index contributed by atoms with van der Waals surface area (Å²) in [6, 6.07) is 13.3. The summed E-state index contributed by atoms with van der Waals surface area (Å²) in [5, 5.41) is 22.9. The summed E-state index contributed by atoms with van der Waals surface area (Å²) in [6.45, 7) is 2.01. The molecule has 0 heterocycles. The summed E-state index contributed by atoms with van der Waals surface area (Å²) in [4.78, 5) is 10.8. The number of carboxylic acids is 1. The molecule has 4 nitrogen and oxygen atoms in total. The molecular formula is C15H14N2O2. The SMILES string of the molecule is CC(CNc1ccc(C#N)c2ccccc12)C(=O)O. The number of nitrogens with one attached hydrogen (secondary N) is 1. The van der Waals surface area contributed by atoms with Crippen molar-refractivity contribution in [2.45, 2.75) is 6.92 Å². The third-order valence-corrected chi connectivity index (χ3v) is 3.06. The molecule has 1 unspecified atom stereocenters. The summed E-state index contributed by atoms with van der Waals surface area (Å²) < 4.78 is 0. The highest BCUT2D eigenvalue weighted by Gasteiger charge is 2.11. The van der Waals surface area contributed by atoms with Gasteiger partial charge in [-0.1, -0.05) is 31.2 Å². The van der Waals surface area contributed by atoms with Crippen LogP contribution in [-0.2, 0) is 4.79 Å². The van der Waals surface area contributed by atoms with Gasteiger partial charge in [0.15, 0.2) is 0 Å². The van der Waals surface area contributed by atoms with E-state index in [0.29, 0.717) is 12.1 Å². The molecule has 0 radical (unpaired) electrons. The molecule has 19 heavy (non-hydrogen) atoms. The summed E-state index contributed by atoms with van der Waals surface area (Å²) in [6.07, 6.45) is 0. The first-order valence-corrected chi connectivity index (χ1v) is 6.02. The predicted molar refractivity (Wildman–Crippen MR) is 74.0 cm³/mol. The van der Waals surface area contributed by atoms with Gasteiger partial charge in [-0.3, -0.25) is 4.79 Å². The van der Waals surface area contributed by atoms with Crippen LogP contribution in [0, 0.1) is 17.2 Å². The van der Waals surface area contributed by atoms with Crippen LogP contribution >= 0.6 is 0 Å². The molecule has 2 N–H and O–H groups in total. The third kappa shape index (κ3) is 2.66. The average Bonchev–Trinajstić information content (AvgIpc) is 2.44. The Morgan fingerprint density at radius 3 is 2.63 bits per heavy atom. The minimum atomic E-state index is -0.828. The molecule has 0 saturated heterocycles. The molecule has 0 aliphatic heterocycles. The van der Waals surface area contributed by atoms with Gasteiger partial charge in [-0.25, -0.2) is 0 Å². The molecule has 0 amide bonds. The molecule has 0 aliphatic rings. The van der Waals surface area contributed by atoms with E-state index in [4.69, 9.17) is 10.4 Å². The van der Waals surface area contributed by atoms with Gasteiger partial charge >= 0.3 is 5.97 Å². The highest BCUT2D eigenvalue weighted by Crippen LogP contribution is 2.26. The minimum Gasteiger partial charge on any atom is -0.481 e. The topological polar surface area (TPSA) is 73.1 Å². The van der Waals surface area contributed by atoms with E-state index >= 15 is 0 Å². The number of benzene rings is 2. The van der Waals surface area contributed by atoms with E-state index in [1.807, 2.05) is 30.3 Å². The second kappa shape index (κ2) is 5.40. The highest BCUT2D eigenvalue weighted by atomic mass is 16.4. The van der Waals surface area contributed by atoms with Gasteiger partial charge in [-0.2, -0.15) is 5.26 Å². The summed E-state index contributed by atoms with van der Waals surface area (Å²) in [5.41, 5.74) is 1.47. The van der Waals surface area contributed by atoms with Gasteiger partial charge in [-0.15, -0.1) is 0 Å². The van der Waals surface area contributed by atoms with E-state index in [0.717, 1.165) is 16.5 Å². The Kier molecular flexibility index (Phi) is 3.67. The van der Waals surface area contributed by atoms with Crippen molar-refractivity contribution in [2.24, 2.45) is 5.92 Å². The van der Waals surface area contributed by atoms with Gasteiger partial charge in [0.05, 0.1) is 17.6 Å². The number of carbonyl (C=O) groups is 1. The zero-order chi connectivity index (χ0) is 13.8. The molecule has 0 aliphatic carbocycles. The van der Waals surface area contributed by atoms with Crippen molar-refractivity contribution in [3.63, 3.8) is 0 Å². The maximum atomic E-state index is 10.8. The van der Waals surface area contributed by atoms with Crippen molar-refractivity contribution < 1.29 is 9.90 Å². The smallest absolute Gasteiger partial charge is 0.308 e. The molecule has 4 heteroatoms. The van der Waals surface area contributed by atoms with Crippen molar-refractivity contribution in [2.75, 3.05) is 11.9 Å². The molecule has 2 aromatic carbocycles. The molecule has 96 valence electrons. The Hall–Kier alpha value is -2.54. The third-order valence-electron chi connectivity index (χ3n) is 3.06. The summed E-state index contributed by atoms with van der Waals surface area (Å²) in [7, 11) is 0. The Morgan fingerprint density at radius 1 is 1.32 bits per heavy atom. The molecule has 0 aromatic heterocycles. The fourth-order valence-electron chi connectivity index (χ4n) is 1.90. The Balaban J connectivity index is 2.35. The Labute approximate surface area is 111 Å². The lowest BCUT2D eigenvalue weighted by molar-refractivity contribution is -0.140. The lowest BCUT2D eigenvalue weighted by atomic mass is 10.0. The predicted octanol–water partition coefficient (Wildman–Crippen LogP) is 2.84. The van der Waals surface area contributed by atoms with E-state index in [1.54, 1.807) is 13.0 Å². The normalized spacial score (nSPS) is 11.8. The number of aliphatic carboxylic acids is 1. The number of carboxylic acid groups (broad SMARTS) is 1. The molecule has 0 saturated carbocycles. The zero-order valence-corrected chi connectivity index (χ0v) is 10.6. The van der Waals surface area contributed by atoms with Crippen molar-refractivity contribution in [1.82, 2.24) is 0 Å². The summed E-state index contributed by atoms with van der Waals surface area (Å²) >= 11 is 0. The second-order valence-electron chi connectivity index (χ2n) is 4.44. The van der Waals surface area contributed by atoms with E-state index in [2.05, 4.69) is 11.4 Å². The van der Waals surface area contributed by atoms with Crippen molar-refractivity contribution in [3.05, 3.63) is 42.0 Å². The molecule has 0 bridgehead atoms. The average molecular weight is 254 g/mol. The van der Waals surface area contributed by atoms with Gasteiger partial charge in [0.25, 0.3) is 0 Å². The standard InChI is InChI=1S/C15H14N2O2/c1-10(15(18)19)9-17-14-7-6-11(8-16)12-4-2-3-5-13(12)14/h2-7,10,17H,9H2,1H3,(H,18,19). The number of anilines is 1. The van der Waals surface area contributed by atoms with Crippen LogP contribution in [0.1, 0.15) is 12.5 Å². The van der Waals surface area contributed by atoms with Gasteiger partial charge < -0.3 is 10.4 Å². The molecular weight excluding hydrogens is 240 g/mol.